The van der Waals surface area contributed by atoms with Crippen molar-refractivity contribution < 1.29 is 4.74 Å². The molecular formula is C16H24BrClN2O. The molecule has 0 unspecified atom stereocenters. The normalized spacial score (nSPS) is 21.2. The Bertz CT molecular complexity index is 477. The number of halogens is 2. The zero-order valence-corrected chi connectivity index (χ0v) is 14.9. The molecule has 0 amide bonds. The van der Waals surface area contributed by atoms with E-state index >= 15 is 0 Å². The largest absolute Gasteiger partial charge is 0.496 e. The molecule has 2 aliphatic heterocycles. The highest BCUT2D eigenvalue weighted by molar-refractivity contribution is 9.10. The molecule has 2 saturated heterocycles. The third kappa shape index (κ3) is 3.92. The average molecular weight is 376 g/mol. The van der Waals surface area contributed by atoms with E-state index in [0.29, 0.717) is 5.41 Å². The average Bonchev–Trinajstić information content (AvgIpc) is 2.82. The summed E-state index contributed by atoms with van der Waals surface area (Å²) < 4.78 is 6.62. The molecule has 0 aromatic heterocycles. The van der Waals surface area contributed by atoms with Gasteiger partial charge < -0.3 is 10.1 Å². The summed E-state index contributed by atoms with van der Waals surface area (Å²) in [7, 11) is 1.75. The Kier molecular flexibility index (Phi) is 5.95. The van der Waals surface area contributed by atoms with Crippen molar-refractivity contribution in [2.45, 2.75) is 25.8 Å². The first kappa shape index (κ1) is 17.1. The fraction of sp³-hybridized carbons (Fsp3) is 0.625. The maximum Gasteiger partial charge on any atom is 0.123 e. The zero-order chi connectivity index (χ0) is 14.0. The number of hydrogen-bond donors (Lipinski definition) is 1. The van der Waals surface area contributed by atoms with Gasteiger partial charge in [-0.3, -0.25) is 4.90 Å². The highest BCUT2D eigenvalue weighted by atomic mass is 79.9. The van der Waals surface area contributed by atoms with Gasteiger partial charge >= 0.3 is 0 Å². The molecule has 3 rings (SSSR count). The molecule has 118 valence electrons. The van der Waals surface area contributed by atoms with Crippen LogP contribution in [-0.2, 0) is 6.54 Å². The molecule has 0 bridgehead atoms. The van der Waals surface area contributed by atoms with Gasteiger partial charge in [0.25, 0.3) is 0 Å². The van der Waals surface area contributed by atoms with E-state index in [2.05, 4.69) is 38.3 Å². The third-order valence-electron chi connectivity index (χ3n) is 4.82. The first-order chi connectivity index (χ1) is 9.71. The predicted octanol–water partition coefficient (Wildman–Crippen LogP) is 3.46. The fourth-order valence-corrected chi connectivity index (χ4v) is 4.05. The van der Waals surface area contributed by atoms with Gasteiger partial charge in [-0.2, -0.15) is 0 Å². The van der Waals surface area contributed by atoms with Crippen LogP contribution in [0, 0.1) is 5.41 Å². The number of ether oxygens (including phenoxy) is 1. The van der Waals surface area contributed by atoms with Gasteiger partial charge in [0, 0.05) is 23.1 Å². The fourth-order valence-electron chi connectivity index (χ4n) is 3.64. The van der Waals surface area contributed by atoms with Crippen molar-refractivity contribution in [2.24, 2.45) is 5.41 Å². The molecule has 2 fully saturated rings. The predicted molar refractivity (Wildman–Crippen MR) is 92.4 cm³/mol. The summed E-state index contributed by atoms with van der Waals surface area (Å²) in [5, 5.41) is 3.48. The molecule has 3 nitrogen and oxygen atoms in total. The molecule has 2 aliphatic rings. The van der Waals surface area contributed by atoms with Crippen molar-refractivity contribution in [1.82, 2.24) is 10.2 Å². The Balaban J connectivity index is 0.00000161. The second-order valence-electron chi connectivity index (χ2n) is 6.17. The molecule has 0 aliphatic carbocycles. The lowest BCUT2D eigenvalue weighted by atomic mass is 9.78. The van der Waals surface area contributed by atoms with Crippen LogP contribution in [0.1, 0.15) is 24.8 Å². The Morgan fingerprint density at radius 3 is 2.76 bits per heavy atom. The van der Waals surface area contributed by atoms with Crippen molar-refractivity contribution in [2.75, 3.05) is 33.3 Å². The van der Waals surface area contributed by atoms with Crippen molar-refractivity contribution in [3.05, 3.63) is 28.2 Å². The number of likely N-dealkylation sites (tertiary alicyclic amines) is 1. The highest BCUT2D eigenvalue weighted by Crippen LogP contribution is 2.39. The smallest absolute Gasteiger partial charge is 0.123 e. The van der Waals surface area contributed by atoms with Gasteiger partial charge in [0.05, 0.1) is 7.11 Å². The summed E-state index contributed by atoms with van der Waals surface area (Å²) in [5.41, 5.74) is 1.86. The quantitative estimate of drug-likeness (QED) is 0.875. The SMILES string of the molecule is COc1ccc(Br)cc1CN1CCC2(CCNCC2)C1.Cl. The van der Waals surface area contributed by atoms with Gasteiger partial charge in [-0.05, 0) is 62.5 Å². The summed E-state index contributed by atoms with van der Waals surface area (Å²) in [6, 6.07) is 6.28. The van der Waals surface area contributed by atoms with Gasteiger partial charge in [0.15, 0.2) is 0 Å². The number of methoxy groups -OCH3 is 1. The summed E-state index contributed by atoms with van der Waals surface area (Å²) in [6.45, 7) is 5.83. The van der Waals surface area contributed by atoms with E-state index in [4.69, 9.17) is 4.74 Å². The second kappa shape index (κ2) is 7.32. The van der Waals surface area contributed by atoms with E-state index in [9.17, 15) is 0 Å². The van der Waals surface area contributed by atoms with Crippen molar-refractivity contribution >= 4 is 28.3 Å². The lowest BCUT2D eigenvalue weighted by Crippen LogP contribution is -2.38. The monoisotopic (exact) mass is 374 g/mol. The summed E-state index contributed by atoms with van der Waals surface area (Å²) in [4.78, 5) is 2.59. The molecule has 1 spiro atoms. The number of nitrogens with zero attached hydrogens (tertiary/aromatic N) is 1. The minimum absolute atomic E-state index is 0. The Labute approximate surface area is 142 Å². The lowest BCUT2D eigenvalue weighted by molar-refractivity contribution is 0.193. The molecule has 0 atom stereocenters. The van der Waals surface area contributed by atoms with Gasteiger partial charge in [0.1, 0.15) is 5.75 Å². The van der Waals surface area contributed by atoms with Crippen molar-refractivity contribution in [3.8, 4) is 5.75 Å². The minimum atomic E-state index is 0. The molecule has 0 radical (unpaired) electrons. The topological polar surface area (TPSA) is 24.5 Å². The van der Waals surface area contributed by atoms with E-state index in [-0.39, 0.29) is 12.4 Å². The number of piperidine rings is 1. The Morgan fingerprint density at radius 2 is 2.05 bits per heavy atom. The van der Waals surface area contributed by atoms with Crippen LogP contribution in [0.25, 0.3) is 0 Å². The molecule has 1 aromatic rings. The van der Waals surface area contributed by atoms with E-state index in [1.165, 1.54) is 51.0 Å². The first-order valence-electron chi connectivity index (χ1n) is 7.46. The molecule has 1 N–H and O–H groups in total. The van der Waals surface area contributed by atoms with Gasteiger partial charge in [-0.15, -0.1) is 12.4 Å². The standard InChI is InChI=1S/C16H23BrN2O.ClH/c1-20-15-3-2-14(17)10-13(15)11-19-9-6-16(12-19)4-7-18-8-5-16;/h2-3,10,18H,4-9,11-12H2,1H3;1H. The Hall–Kier alpha value is -0.290. The van der Waals surface area contributed by atoms with E-state index in [0.717, 1.165) is 16.8 Å². The molecule has 1 aromatic carbocycles. The number of benzene rings is 1. The number of hydrogen-bond acceptors (Lipinski definition) is 3. The van der Waals surface area contributed by atoms with Crippen LogP contribution in [0.15, 0.2) is 22.7 Å². The van der Waals surface area contributed by atoms with Crippen LogP contribution in [0.4, 0.5) is 0 Å². The van der Waals surface area contributed by atoms with Gasteiger partial charge in [-0.25, -0.2) is 0 Å². The summed E-state index contributed by atoms with van der Waals surface area (Å²) in [6.07, 6.45) is 4.02. The lowest BCUT2D eigenvalue weighted by Gasteiger charge is -2.34. The summed E-state index contributed by atoms with van der Waals surface area (Å²) in [5.74, 6) is 1.000. The maximum absolute atomic E-state index is 5.49. The number of rotatable bonds is 3. The van der Waals surface area contributed by atoms with Crippen LogP contribution in [0.3, 0.4) is 0 Å². The van der Waals surface area contributed by atoms with Crippen molar-refractivity contribution in [3.63, 3.8) is 0 Å². The van der Waals surface area contributed by atoms with E-state index in [1.807, 2.05) is 6.07 Å². The van der Waals surface area contributed by atoms with Crippen molar-refractivity contribution in [1.29, 1.82) is 0 Å². The van der Waals surface area contributed by atoms with Gasteiger partial charge in [0.2, 0.25) is 0 Å². The second-order valence-corrected chi connectivity index (χ2v) is 7.08. The van der Waals surface area contributed by atoms with Crippen LogP contribution in [-0.4, -0.2) is 38.2 Å². The van der Waals surface area contributed by atoms with Crippen LogP contribution < -0.4 is 10.1 Å². The van der Waals surface area contributed by atoms with Crippen LogP contribution in [0.2, 0.25) is 0 Å². The van der Waals surface area contributed by atoms with E-state index < -0.39 is 0 Å². The third-order valence-corrected chi connectivity index (χ3v) is 5.31. The van der Waals surface area contributed by atoms with Crippen LogP contribution in [0.5, 0.6) is 5.75 Å². The van der Waals surface area contributed by atoms with Crippen LogP contribution >= 0.6 is 28.3 Å². The summed E-state index contributed by atoms with van der Waals surface area (Å²) >= 11 is 3.56. The maximum atomic E-state index is 5.49. The molecule has 2 heterocycles. The minimum Gasteiger partial charge on any atom is -0.496 e. The Morgan fingerprint density at radius 1 is 1.29 bits per heavy atom. The molecular weight excluding hydrogens is 352 g/mol. The molecule has 0 saturated carbocycles. The highest BCUT2D eigenvalue weighted by Gasteiger charge is 2.38. The van der Waals surface area contributed by atoms with E-state index in [1.54, 1.807) is 7.11 Å². The van der Waals surface area contributed by atoms with Gasteiger partial charge in [-0.1, -0.05) is 15.9 Å². The zero-order valence-electron chi connectivity index (χ0n) is 12.5. The number of nitrogens with one attached hydrogen (secondary N) is 1. The first-order valence-corrected chi connectivity index (χ1v) is 8.26. The molecule has 5 heteroatoms. The molecule has 21 heavy (non-hydrogen) atoms.